The number of hydrogen-bond donors (Lipinski definition) is 0. The number of halogens is 1. The van der Waals surface area contributed by atoms with Crippen molar-refractivity contribution in [2.24, 2.45) is 0 Å². The number of aromatic nitrogens is 1. The summed E-state index contributed by atoms with van der Waals surface area (Å²) in [6, 6.07) is 9.53. The van der Waals surface area contributed by atoms with Gasteiger partial charge in [-0.15, -0.1) is 11.3 Å². The van der Waals surface area contributed by atoms with Crippen LogP contribution in [0.25, 0.3) is 10.2 Å². The minimum Gasteiger partial charge on any atom is -0.497 e. The summed E-state index contributed by atoms with van der Waals surface area (Å²) in [5, 5.41) is 0.724. The third-order valence-electron chi connectivity index (χ3n) is 3.83. The van der Waals surface area contributed by atoms with E-state index in [0.717, 1.165) is 37.8 Å². The largest absolute Gasteiger partial charge is 0.497 e. The molecule has 0 aliphatic carbocycles. The quantitative estimate of drug-likeness (QED) is 0.518. The summed E-state index contributed by atoms with van der Waals surface area (Å²) in [7, 11) is 5.72. The van der Waals surface area contributed by atoms with Crippen LogP contribution in [0.4, 0.5) is 5.13 Å². The minimum absolute atomic E-state index is 0.00882. The highest BCUT2D eigenvalue weighted by Gasteiger charge is 2.22. The van der Waals surface area contributed by atoms with Crippen LogP contribution in [0.3, 0.4) is 0 Å². The topological polar surface area (TPSA) is 45.7 Å². The van der Waals surface area contributed by atoms with Gasteiger partial charge in [0.05, 0.1) is 26.0 Å². The molecule has 2 aromatic heterocycles. The van der Waals surface area contributed by atoms with Gasteiger partial charge in [-0.05, 0) is 73.3 Å². The predicted octanol–water partition coefficient (Wildman–Crippen LogP) is 4.73. The Hall–Kier alpha value is -1.48. The van der Waals surface area contributed by atoms with Gasteiger partial charge in [0, 0.05) is 6.54 Å². The molecule has 1 amide bonds. The third-order valence-corrected chi connectivity index (χ3v) is 6.48. The van der Waals surface area contributed by atoms with E-state index in [-0.39, 0.29) is 5.91 Å². The van der Waals surface area contributed by atoms with Gasteiger partial charge in [0.15, 0.2) is 5.13 Å². The lowest BCUT2D eigenvalue weighted by molar-refractivity contribution is 0.0990. The zero-order chi connectivity index (χ0) is 18.7. The molecule has 3 rings (SSSR count). The normalized spacial score (nSPS) is 11.3. The Kier molecular flexibility index (Phi) is 6.29. The summed E-state index contributed by atoms with van der Waals surface area (Å²) in [6.45, 7) is 1.54. The van der Waals surface area contributed by atoms with Gasteiger partial charge < -0.3 is 9.64 Å². The average Bonchev–Trinajstić information content (AvgIpc) is 3.23. The molecule has 3 aromatic rings. The summed E-state index contributed by atoms with van der Waals surface area (Å²) >= 11 is 6.40. The van der Waals surface area contributed by atoms with Crippen molar-refractivity contribution in [3.05, 3.63) is 39.0 Å². The lowest BCUT2D eigenvalue weighted by Gasteiger charge is -2.20. The van der Waals surface area contributed by atoms with Crippen molar-refractivity contribution in [3.8, 4) is 5.75 Å². The average molecular weight is 454 g/mol. The number of rotatable bonds is 7. The highest BCUT2D eigenvalue weighted by atomic mass is 79.9. The van der Waals surface area contributed by atoms with Crippen LogP contribution in [-0.2, 0) is 0 Å². The van der Waals surface area contributed by atoms with Crippen LogP contribution >= 0.6 is 38.6 Å². The van der Waals surface area contributed by atoms with Crippen LogP contribution in [0, 0.1) is 0 Å². The number of amides is 1. The van der Waals surface area contributed by atoms with Gasteiger partial charge in [-0.25, -0.2) is 4.98 Å². The molecule has 0 aliphatic heterocycles. The third kappa shape index (κ3) is 4.43. The number of fused-ring (bicyclic) bond motifs is 1. The van der Waals surface area contributed by atoms with Gasteiger partial charge in [0.2, 0.25) is 0 Å². The molecule has 1 aromatic carbocycles. The SMILES string of the molecule is COc1ccc2nc(N(CCCN(C)C)C(=O)c3ccc(Br)s3)sc2c1. The summed E-state index contributed by atoms with van der Waals surface area (Å²) in [5.74, 6) is 0.783. The second kappa shape index (κ2) is 8.47. The molecule has 0 atom stereocenters. The maximum absolute atomic E-state index is 13.1. The molecule has 8 heteroatoms. The standard InChI is InChI=1S/C18H20BrN3O2S2/c1-21(2)9-4-10-22(17(23)14-7-8-16(19)25-14)18-20-13-6-5-12(24-3)11-15(13)26-18/h5-8,11H,4,9-10H2,1-3H3. The molecule has 0 aliphatic rings. The van der Waals surface area contributed by atoms with E-state index in [4.69, 9.17) is 4.74 Å². The molecule has 0 unspecified atom stereocenters. The van der Waals surface area contributed by atoms with Gasteiger partial charge in [-0.3, -0.25) is 9.69 Å². The highest BCUT2D eigenvalue weighted by molar-refractivity contribution is 9.11. The van der Waals surface area contributed by atoms with Crippen LogP contribution < -0.4 is 9.64 Å². The van der Waals surface area contributed by atoms with Gasteiger partial charge >= 0.3 is 0 Å². The van der Waals surface area contributed by atoms with Crippen LogP contribution in [0.1, 0.15) is 16.1 Å². The maximum Gasteiger partial charge on any atom is 0.270 e. The Labute approximate surface area is 169 Å². The minimum atomic E-state index is -0.00882. The first-order valence-electron chi connectivity index (χ1n) is 8.14. The van der Waals surface area contributed by atoms with Gasteiger partial charge in [0.1, 0.15) is 5.75 Å². The smallest absolute Gasteiger partial charge is 0.270 e. The number of carbonyl (C=O) groups is 1. The van der Waals surface area contributed by atoms with E-state index in [0.29, 0.717) is 11.4 Å². The molecule has 0 fully saturated rings. The highest BCUT2D eigenvalue weighted by Crippen LogP contribution is 2.33. The van der Waals surface area contributed by atoms with Crippen molar-refractivity contribution in [2.75, 3.05) is 39.2 Å². The fourth-order valence-electron chi connectivity index (χ4n) is 2.53. The van der Waals surface area contributed by atoms with E-state index >= 15 is 0 Å². The monoisotopic (exact) mass is 453 g/mol. The molecule has 0 saturated heterocycles. The molecule has 0 bridgehead atoms. The Morgan fingerprint density at radius 3 is 2.65 bits per heavy atom. The Bertz CT molecular complexity index is 907. The number of hydrogen-bond acceptors (Lipinski definition) is 6. The van der Waals surface area contributed by atoms with E-state index in [1.807, 2.05) is 44.4 Å². The van der Waals surface area contributed by atoms with Gasteiger partial charge in [0.25, 0.3) is 5.91 Å². The molecule has 2 heterocycles. The molecule has 138 valence electrons. The van der Waals surface area contributed by atoms with Crippen molar-refractivity contribution < 1.29 is 9.53 Å². The van der Waals surface area contributed by atoms with Gasteiger partial charge in [-0.2, -0.15) is 0 Å². The first-order chi connectivity index (χ1) is 12.5. The number of anilines is 1. The summed E-state index contributed by atoms with van der Waals surface area (Å²) < 4.78 is 7.25. The fourth-order valence-corrected chi connectivity index (χ4v) is 4.88. The van der Waals surface area contributed by atoms with Crippen LogP contribution in [-0.4, -0.2) is 50.1 Å². The molecule has 0 spiro atoms. The molecular formula is C18H20BrN3O2S2. The molecule has 0 N–H and O–H groups in total. The van der Waals surface area contributed by atoms with E-state index < -0.39 is 0 Å². The molecule has 5 nitrogen and oxygen atoms in total. The molecular weight excluding hydrogens is 434 g/mol. The van der Waals surface area contributed by atoms with Crippen molar-refractivity contribution in [2.45, 2.75) is 6.42 Å². The lowest BCUT2D eigenvalue weighted by Crippen LogP contribution is -2.32. The molecule has 0 saturated carbocycles. The van der Waals surface area contributed by atoms with Crippen molar-refractivity contribution in [1.29, 1.82) is 0 Å². The van der Waals surface area contributed by atoms with Crippen LogP contribution in [0.2, 0.25) is 0 Å². The van der Waals surface area contributed by atoms with Crippen molar-refractivity contribution in [1.82, 2.24) is 9.88 Å². The number of ether oxygens (including phenoxy) is 1. The van der Waals surface area contributed by atoms with E-state index in [9.17, 15) is 4.79 Å². The number of methoxy groups -OCH3 is 1. The van der Waals surface area contributed by atoms with Crippen LogP contribution in [0.5, 0.6) is 5.75 Å². The number of nitrogens with zero attached hydrogens (tertiary/aromatic N) is 3. The maximum atomic E-state index is 13.1. The van der Waals surface area contributed by atoms with E-state index in [1.54, 1.807) is 12.0 Å². The zero-order valence-corrected chi connectivity index (χ0v) is 18.1. The zero-order valence-electron chi connectivity index (χ0n) is 14.9. The number of thiazole rings is 1. The second-order valence-corrected chi connectivity index (χ2v) is 9.52. The Balaban J connectivity index is 1.92. The Morgan fingerprint density at radius 2 is 2.00 bits per heavy atom. The van der Waals surface area contributed by atoms with Crippen LogP contribution in [0.15, 0.2) is 34.1 Å². The first-order valence-corrected chi connectivity index (χ1v) is 10.6. The van der Waals surface area contributed by atoms with E-state index in [1.165, 1.54) is 22.7 Å². The number of benzene rings is 1. The fraction of sp³-hybridized carbons (Fsp3) is 0.333. The van der Waals surface area contributed by atoms with E-state index in [2.05, 4.69) is 25.8 Å². The number of thiophene rings is 1. The van der Waals surface area contributed by atoms with Gasteiger partial charge in [-0.1, -0.05) is 11.3 Å². The molecule has 0 radical (unpaired) electrons. The van der Waals surface area contributed by atoms with Crippen molar-refractivity contribution >= 4 is 59.9 Å². The first kappa shape index (κ1) is 19.3. The second-order valence-electron chi connectivity index (χ2n) is 6.05. The molecule has 26 heavy (non-hydrogen) atoms. The lowest BCUT2D eigenvalue weighted by atomic mass is 10.3. The van der Waals surface area contributed by atoms with Crippen molar-refractivity contribution in [3.63, 3.8) is 0 Å². The summed E-state index contributed by atoms with van der Waals surface area (Å²) in [4.78, 5) is 22.4. The predicted molar refractivity (Wildman–Crippen MR) is 113 cm³/mol. The number of carbonyl (C=O) groups excluding carboxylic acids is 1. The summed E-state index contributed by atoms with van der Waals surface area (Å²) in [5.41, 5.74) is 0.878. The summed E-state index contributed by atoms with van der Waals surface area (Å²) in [6.07, 6.45) is 0.879. The Morgan fingerprint density at radius 1 is 1.19 bits per heavy atom.